The Morgan fingerprint density at radius 2 is 2.08 bits per heavy atom. The third-order valence-electron chi connectivity index (χ3n) is 4.05. The van der Waals surface area contributed by atoms with E-state index in [9.17, 15) is 9.18 Å². The molecule has 4 rings (SSSR count). The second-order valence-electron chi connectivity index (χ2n) is 5.60. The molecule has 6 nitrogen and oxygen atoms in total. The van der Waals surface area contributed by atoms with Crippen LogP contribution in [0.25, 0.3) is 5.69 Å². The van der Waals surface area contributed by atoms with Crippen molar-refractivity contribution in [2.24, 2.45) is 0 Å². The van der Waals surface area contributed by atoms with Crippen molar-refractivity contribution in [3.63, 3.8) is 0 Å². The minimum absolute atomic E-state index is 0.182. The summed E-state index contributed by atoms with van der Waals surface area (Å²) in [4.78, 5) is 16.1. The maximum atomic E-state index is 14.4. The van der Waals surface area contributed by atoms with Crippen LogP contribution in [0.5, 0.6) is 0 Å². The number of hydrogen-bond acceptors (Lipinski definition) is 4. The van der Waals surface area contributed by atoms with E-state index < -0.39 is 12.0 Å². The van der Waals surface area contributed by atoms with Crippen LogP contribution in [0.2, 0.25) is 0 Å². The Hall–Kier alpha value is -3.22. The van der Waals surface area contributed by atoms with Gasteiger partial charge in [-0.25, -0.2) is 14.1 Å². The molecule has 0 saturated heterocycles. The summed E-state index contributed by atoms with van der Waals surface area (Å²) in [5, 5.41) is 10.0. The highest BCUT2D eigenvalue weighted by atomic mass is 19.1. The highest BCUT2D eigenvalue weighted by Gasteiger charge is 2.26. The largest absolute Gasteiger partial charge is 0.361 e. The summed E-state index contributed by atoms with van der Waals surface area (Å²) >= 11 is 0. The van der Waals surface area contributed by atoms with Gasteiger partial charge in [0.05, 0.1) is 11.3 Å². The van der Waals surface area contributed by atoms with Crippen molar-refractivity contribution in [1.82, 2.24) is 20.1 Å². The Labute approximate surface area is 137 Å². The van der Waals surface area contributed by atoms with Gasteiger partial charge >= 0.3 is 0 Å². The SMILES string of the molecule is Cc1cccc2c1N[C@@H](c1ccc(-n3cncn3)c(F)c1)NC2=O. The minimum Gasteiger partial charge on any atom is -0.361 e. The highest BCUT2D eigenvalue weighted by molar-refractivity contribution is 6.02. The van der Waals surface area contributed by atoms with E-state index >= 15 is 0 Å². The molecule has 2 N–H and O–H groups in total. The maximum absolute atomic E-state index is 14.4. The third-order valence-corrected chi connectivity index (χ3v) is 4.05. The third kappa shape index (κ3) is 2.30. The molecule has 24 heavy (non-hydrogen) atoms. The molecule has 2 heterocycles. The van der Waals surface area contributed by atoms with Gasteiger partial charge in [-0.2, -0.15) is 5.10 Å². The van der Waals surface area contributed by atoms with Crippen molar-refractivity contribution >= 4 is 11.6 Å². The molecule has 2 aromatic carbocycles. The zero-order valence-electron chi connectivity index (χ0n) is 12.8. The molecule has 1 atom stereocenters. The number of carbonyl (C=O) groups is 1. The maximum Gasteiger partial charge on any atom is 0.255 e. The number of carbonyl (C=O) groups excluding carboxylic acids is 1. The van der Waals surface area contributed by atoms with Gasteiger partial charge in [-0.05, 0) is 36.2 Å². The topological polar surface area (TPSA) is 71.8 Å². The number of rotatable bonds is 2. The van der Waals surface area contributed by atoms with Gasteiger partial charge in [-0.15, -0.1) is 0 Å². The lowest BCUT2D eigenvalue weighted by molar-refractivity contribution is 0.0935. The molecule has 1 amide bonds. The van der Waals surface area contributed by atoms with Crippen LogP contribution in [-0.4, -0.2) is 20.7 Å². The van der Waals surface area contributed by atoms with E-state index in [1.807, 2.05) is 19.1 Å². The Balaban J connectivity index is 1.69. The van der Waals surface area contributed by atoms with Crippen molar-refractivity contribution in [2.45, 2.75) is 13.1 Å². The van der Waals surface area contributed by atoms with Crippen molar-refractivity contribution in [1.29, 1.82) is 0 Å². The average molecular weight is 323 g/mol. The second kappa shape index (κ2) is 5.45. The molecule has 0 unspecified atom stereocenters. The van der Waals surface area contributed by atoms with Crippen LogP contribution in [0, 0.1) is 12.7 Å². The summed E-state index contributed by atoms with van der Waals surface area (Å²) in [5.74, 6) is -0.622. The molecule has 0 spiro atoms. The quantitative estimate of drug-likeness (QED) is 0.760. The van der Waals surface area contributed by atoms with E-state index in [2.05, 4.69) is 20.7 Å². The zero-order valence-corrected chi connectivity index (χ0v) is 12.8. The first-order valence-electron chi connectivity index (χ1n) is 7.45. The second-order valence-corrected chi connectivity index (χ2v) is 5.60. The number of aromatic nitrogens is 3. The molecule has 0 saturated carbocycles. The monoisotopic (exact) mass is 323 g/mol. The number of hydrogen-bond donors (Lipinski definition) is 2. The van der Waals surface area contributed by atoms with Crippen molar-refractivity contribution < 1.29 is 9.18 Å². The molecule has 0 aliphatic carbocycles. The lowest BCUT2D eigenvalue weighted by atomic mass is 10.0. The number of halogens is 1. The first kappa shape index (κ1) is 14.4. The van der Waals surface area contributed by atoms with Gasteiger partial charge in [-0.1, -0.05) is 18.2 Å². The number of nitrogens with zero attached hydrogens (tertiary/aromatic N) is 3. The summed E-state index contributed by atoms with van der Waals surface area (Å²) in [6.45, 7) is 1.93. The molecule has 1 aliphatic rings. The number of aryl methyl sites for hydroxylation is 1. The van der Waals surface area contributed by atoms with E-state index in [-0.39, 0.29) is 5.91 Å². The lowest BCUT2D eigenvalue weighted by Crippen LogP contribution is -2.38. The molecule has 7 heteroatoms. The summed E-state index contributed by atoms with van der Waals surface area (Å²) in [6, 6.07) is 10.3. The number of benzene rings is 2. The van der Waals surface area contributed by atoms with Gasteiger partial charge in [0.1, 0.15) is 30.3 Å². The normalized spacial score (nSPS) is 16.2. The Bertz CT molecular complexity index is 923. The zero-order chi connectivity index (χ0) is 16.7. The lowest BCUT2D eigenvalue weighted by Gasteiger charge is -2.29. The predicted molar refractivity (Wildman–Crippen MR) is 86.3 cm³/mol. The van der Waals surface area contributed by atoms with Crippen LogP contribution in [0.15, 0.2) is 49.1 Å². The fourth-order valence-corrected chi connectivity index (χ4v) is 2.83. The van der Waals surface area contributed by atoms with Gasteiger partial charge in [0.25, 0.3) is 5.91 Å². The van der Waals surface area contributed by atoms with Crippen LogP contribution in [-0.2, 0) is 0 Å². The van der Waals surface area contributed by atoms with Gasteiger partial charge in [0.2, 0.25) is 0 Å². The van der Waals surface area contributed by atoms with E-state index in [1.165, 1.54) is 23.4 Å². The summed E-state index contributed by atoms with van der Waals surface area (Å²) in [7, 11) is 0. The fraction of sp³-hybridized carbons (Fsp3) is 0.118. The van der Waals surface area contributed by atoms with Gasteiger partial charge in [0, 0.05) is 0 Å². The predicted octanol–water partition coefficient (Wildman–Crippen LogP) is 2.57. The fourth-order valence-electron chi connectivity index (χ4n) is 2.83. The number of fused-ring (bicyclic) bond motifs is 1. The summed E-state index contributed by atoms with van der Waals surface area (Å²) in [5.41, 5.74) is 3.25. The molecule has 0 bridgehead atoms. The highest BCUT2D eigenvalue weighted by Crippen LogP contribution is 2.30. The van der Waals surface area contributed by atoms with Crippen LogP contribution < -0.4 is 10.6 Å². The molecular weight excluding hydrogens is 309 g/mol. The molecule has 120 valence electrons. The molecule has 3 aromatic rings. The van der Waals surface area contributed by atoms with Crippen LogP contribution >= 0.6 is 0 Å². The van der Waals surface area contributed by atoms with Crippen molar-refractivity contribution in [3.8, 4) is 5.69 Å². The van der Waals surface area contributed by atoms with E-state index in [0.29, 0.717) is 16.8 Å². The standard InChI is InChI=1S/C17H14FN5O/c1-10-3-2-4-12-15(10)21-16(22-17(12)24)11-5-6-14(13(18)7-11)23-9-19-8-20-23/h2-9,16,21H,1H3,(H,22,24)/t16-/m1/s1. The molecule has 1 aliphatic heterocycles. The van der Waals surface area contributed by atoms with E-state index in [0.717, 1.165) is 11.3 Å². The van der Waals surface area contributed by atoms with Crippen LogP contribution in [0.3, 0.4) is 0 Å². The minimum atomic E-state index is -0.495. The summed E-state index contributed by atoms with van der Waals surface area (Å²) < 4.78 is 15.8. The van der Waals surface area contributed by atoms with Gasteiger partial charge < -0.3 is 10.6 Å². The first-order valence-corrected chi connectivity index (χ1v) is 7.45. The summed E-state index contributed by atoms with van der Waals surface area (Å²) in [6.07, 6.45) is 2.28. The van der Waals surface area contributed by atoms with Crippen LogP contribution in [0.1, 0.15) is 27.7 Å². The number of nitrogens with one attached hydrogen (secondary N) is 2. The molecule has 0 fully saturated rings. The van der Waals surface area contributed by atoms with Crippen molar-refractivity contribution in [2.75, 3.05) is 5.32 Å². The van der Waals surface area contributed by atoms with Crippen molar-refractivity contribution in [3.05, 3.63) is 71.6 Å². The first-order chi connectivity index (χ1) is 11.6. The molecule has 0 radical (unpaired) electrons. The molecular formula is C17H14FN5O. The smallest absolute Gasteiger partial charge is 0.255 e. The van der Waals surface area contributed by atoms with E-state index in [1.54, 1.807) is 18.2 Å². The Morgan fingerprint density at radius 3 is 2.83 bits per heavy atom. The number of anilines is 1. The number of para-hydroxylation sites is 1. The molecule has 1 aromatic heterocycles. The van der Waals surface area contributed by atoms with Crippen LogP contribution in [0.4, 0.5) is 10.1 Å². The van der Waals surface area contributed by atoms with E-state index in [4.69, 9.17) is 0 Å². The average Bonchev–Trinajstić information content (AvgIpc) is 3.10. The van der Waals surface area contributed by atoms with Gasteiger partial charge in [0.15, 0.2) is 0 Å². The Kier molecular flexibility index (Phi) is 3.26. The Morgan fingerprint density at radius 1 is 1.21 bits per heavy atom. The van der Waals surface area contributed by atoms with Gasteiger partial charge in [-0.3, -0.25) is 4.79 Å². The number of amides is 1.